The molecule has 8 rings (SSSR count). The number of piperidine rings is 1. The standard InChI is InChI=1S/C77H124N16O18S2/c1-7-11-52-68(103)91-63(42(3)95)74(109)89-58(65(78)101)39-113-38-46-13-8-12-45(30-46)37-112-29-26-60(98)90-64(77(4,5)6)75(110)87-55(32-44-18-22-50(97)23-19-44)70(105)86-56(34-48-36-79-40-82-48)71(106)92-62(41(2)94)73(108)88-57(33-47-35-81-66-51(47)14-9-27-80-66)76(111)93-28-10-15-59(93)72(107)84-53(24-25-61(99)100)67(102)85-54(69(104)83-52)31-43-16-20-49(96)21-17-43/h8,12-13,30,41-44,47-59,62-64,66,79-82,94-97H,7,9-11,14-29,31-40H2,1-6H3,(H2,78,101)(H,83,104)(H,84,107)(H,85,102)(H,86,105)(H,87,110)(H,88,108)(H,89,109)(H,90,98)(H,91,103)(H,92,106)(H,99,100)/t41-,42-,43?,44?,47?,48?,49?,50?,51?,52+,53+,54+,55+,56+,57+,58+,59+,62+,63+,64-,66?/m1/s1. The second-order valence-corrected chi connectivity index (χ2v) is 35.1. The molecule has 17 atom stereocenters. The first-order valence-electron chi connectivity index (χ1n) is 40.5. The summed E-state index contributed by atoms with van der Waals surface area (Å²) in [6.07, 6.45) is 0.226. The summed E-state index contributed by atoms with van der Waals surface area (Å²) < 4.78 is 0. The molecule has 21 N–H and O–H groups in total. The molecule has 0 aromatic heterocycles. The van der Waals surface area contributed by atoms with Crippen LogP contribution in [0.25, 0.3) is 0 Å². The molecule has 1 aromatic carbocycles. The molecule has 7 aliphatic rings. The Morgan fingerprint density at radius 2 is 1.11 bits per heavy atom. The minimum absolute atomic E-state index is 0.00522. The van der Waals surface area contributed by atoms with Crippen molar-refractivity contribution < 1.29 is 87.9 Å². The van der Waals surface area contributed by atoms with Crippen LogP contribution in [0, 0.1) is 29.1 Å². The summed E-state index contributed by atoms with van der Waals surface area (Å²) >= 11 is 2.74. The number of nitrogens with one attached hydrogen (secondary N) is 14. The minimum atomic E-state index is -1.76. The highest BCUT2D eigenvalue weighted by atomic mass is 32.2. The SMILES string of the molecule is CCC[C@@H]1NC(=O)[C@H](CC2CCC(O)CC2)NC(=O)[C@H](CCC(=O)O)NC(=O)[C@@H]2CCCN2C(=O)[C@H](CC2CNC3NCCCC23)NC(=O)[C@H]([C@@H](C)O)NC(=O)[C@H](CC2CNCN2)NC(=O)[C@H](CC2CCC(O)CC2)NC(=O)[C@H](C(C)(C)C)NC(=O)CCSCc2cccc(c2)CSC[C@@H](C(N)=O)NC(=O)[C@H]([C@@H](C)O)NC1=O. The van der Waals surface area contributed by atoms with Crippen LogP contribution in [0.3, 0.4) is 0 Å². The number of nitrogens with zero attached hydrogens (tertiary/aromatic N) is 1. The lowest BCUT2D eigenvalue weighted by Gasteiger charge is -2.35. The maximum Gasteiger partial charge on any atom is 0.303 e. The average molecular weight is 1630 g/mol. The second kappa shape index (κ2) is 44.2. The van der Waals surface area contributed by atoms with Crippen LogP contribution in [-0.4, -0.2) is 255 Å². The van der Waals surface area contributed by atoms with Gasteiger partial charge in [0.1, 0.15) is 66.5 Å². The zero-order valence-electron chi connectivity index (χ0n) is 66.0. The van der Waals surface area contributed by atoms with Gasteiger partial charge >= 0.3 is 5.97 Å². The number of rotatable bonds is 16. The van der Waals surface area contributed by atoms with E-state index in [9.17, 15) is 68.7 Å². The molecule has 5 aliphatic heterocycles. The number of hydrogen-bond acceptors (Lipinski definition) is 23. The lowest BCUT2D eigenvalue weighted by molar-refractivity contribution is -0.143. The molecule has 0 spiro atoms. The van der Waals surface area contributed by atoms with Gasteiger partial charge in [-0.2, -0.15) is 23.5 Å². The van der Waals surface area contributed by atoms with Crippen molar-refractivity contribution in [2.75, 3.05) is 44.4 Å². The molecule has 36 heteroatoms. The number of amides is 12. The Morgan fingerprint density at radius 3 is 1.67 bits per heavy atom. The molecule has 5 heterocycles. The van der Waals surface area contributed by atoms with E-state index in [2.05, 4.69) is 74.4 Å². The number of aliphatic hydroxyl groups excluding tert-OH is 4. The van der Waals surface area contributed by atoms with Crippen molar-refractivity contribution in [2.45, 2.75) is 291 Å². The first-order chi connectivity index (χ1) is 53.7. The van der Waals surface area contributed by atoms with E-state index in [4.69, 9.17) is 5.73 Å². The fraction of sp³-hybridized carbons (Fsp3) is 0.753. The molecule has 6 fully saturated rings. The predicted molar refractivity (Wildman–Crippen MR) is 421 cm³/mol. The van der Waals surface area contributed by atoms with Gasteiger partial charge in [0.25, 0.3) is 0 Å². The summed E-state index contributed by atoms with van der Waals surface area (Å²) in [7, 11) is 0. The summed E-state index contributed by atoms with van der Waals surface area (Å²) in [5.41, 5.74) is 6.69. The van der Waals surface area contributed by atoms with Crippen LogP contribution in [0.1, 0.15) is 188 Å². The van der Waals surface area contributed by atoms with Crippen LogP contribution in [0.15, 0.2) is 24.3 Å². The summed E-state index contributed by atoms with van der Waals surface area (Å²) in [4.78, 5) is 189. The summed E-state index contributed by atoms with van der Waals surface area (Å²) in [6.45, 7) is 11.4. The minimum Gasteiger partial charge on any atom is -0.481 e. The van der Waals surface area contributed by atoms with E-state index in [1.807, 2.05) is 24.3 Å². The third-order valence-corrected chi connectivity index (χ3v) is 24.9. The highest BCUT2D eigenvalue weighted by Crippen LogP contribution is 2.34. The third kappa shape index (κ3) is 28.0. The normalized spacial score (nSPS) is 33.0. The van der Waals surface area contributed by atoms with E-state index >= 15 is 19.2 Å². The Kier molecular flexibility index (Phi) is 35.6. The maximum atomic E-state index is 15.5. The van der Waals surface area contributed by atoms with Crippen molar-refractivity contribution in [3.63, 3.8) is 0 Å². The summed E-state index contributed by atoms with van der Waals surface area (Å²) in [5, 5.41) is 94.3. The smallest absolute Gasteiger partial charge is 0.303 e. The van der Waals surface area contributed by atoms with Gasteiger partial charge < -0.3 is 111 Å². The second-order valence-electron chi connectivity index (χ2n) is 32.9. The number of primary amides is 1. The number of aliphatic hydroxyl groups is 4. The average Bonchev–Trinajstić information content (AvgIpc) is 1.71. The van der Waals surface area contributed by atoms with Crippen molar-refractivity contribution in [3.05, 3.63) is 35.4 Å². The number of carboxylic acid groups (broad SMARTS) is 1. The van der Waals surface area contributed by atoms with Crippen LogP contribution in [-0.2, 0) is 73.8 Å². The van der Waals surface area contributed by atoms with E-state index in [0.29, 0.717) is 94.8 Å². The lowest BCUT2D eigenvalue weighted by Crippen LogP contribution is -2.63. The molecule has 2 aliphatic carbocycles. The zero-order chi connectivity index (χ0) is 82.2. The van der Waals surface area contributed by atoms with Gasteiger partial charge in [0, 0.05) is 61.7 Å². The van der Waals surface area contributed by atoms with Gasteiger partial charge in [-0.05, 0) is 183 Å². The predicted octanol–water partition coefficient (Wildman–Crippen LogP) is -1.92. The Balaban J connectivity index is 1.11. The number of fused-ring (bicyclic) bond motifs is 4. The number of nitrogens with two attached hydrogens (primary N) is 1. The quantitative estimate of drug-likeness (QED) is 0.0858. The molecule has 113 heavy (non-hydrogen) atoms. The first-order valence-corrected chi connectivity index (χ1v) is 42.8. The van der Waals surface area contributed by atoms with E-state index in [1.54, 1.807) is 27.7 Å². The van der Waals surface area contributed by atoms with Gasteiger partial charge in [0.2, 0.25) is 70.9 Å². The number of carbonyl (C=O) groups is 13. The Hall–Kier alpha value is -7.29. The molecule has 0 radical (unpaired) electrons. The van der Waals surface area contributed by atoms with Gasteiger partial charge in [-0.1, -0.05) is 58.4 Å². The van der Waals surface area contributed by atoms with Crippen LogP contribution in [0.2, 0.25) is 0 Å². The third-order valence-electron chi connectivity index (χ3n) is 22.8. The van der Waals surface area contributed by atoms with Crippen LogP contribution in [0.4, 0.5) is 0 Å². The van der Waals surface area contributed by atoms with Gasteiger partial charge in [-0.15, -0.1) is 0 Å². The molecular formula is C77H124N16O18S2. The van der Waals surface area contributed by atoms with Crippen LogP contribution < -0.4 is 80.2 Å². The maximum absolute atomic E-state index is 15.5. The number of carboxylic acids is 1. The van der Waals surface area contributed by atoms with Gasteiger partial charge in [-0.25, -0.2) is 0 Å². The van der Waals surface area contributed by atoms with Gasteiger partial charge in [-0.3, -0.25) is 62.3 Å². The monoisotopic (exact) mass is 1620 g/mol. The Morgan fingerprint density at radius 1 is 0.575 bits per heavy atom. The van der Waals surface area contributed by atoms with Gasteiger partial charge in [0.05, 0.1) is 30.6 Å². The topological polar surface area (TPSA) is 521 Å². The Bertz CT molecular complexity index is 3430. The van der Waals surface area contributed by atoms with Crippen molar-refractivity contribution >= 4 is 100 Å². The highest BCUT2D eigenvalue weighted by Gasteiger charge is 2.46. The fourth-order valence-electron chi connectivity index (χ4n) is 16.3. The molecule has 12 amide bonds. The fourth-order valence-corrected chi connectivity index (χ4v) is 18.2. The number of thioether (sulfide) groups is 2. The van der Waals surface area contributed by atoms with Crippen molar-refractivity contribution in [3.8, 4) is 0 Å². The van der Waals surface area contributed by atoms with E-state index in [1.165, 1.54) is 42.3 Å². The van der Waals surface area contributed by atoms with Gasteiger partial charge in [0.15, 0.2) is 0 Å². The highest BCUT2D eigenvalue weighted by molar-refractivity contribution is 7.98. The first kappa shape index (κ1) is 91.2. The summed E-state index contributed by atoms with van der Waals surface area (Å²) in [5.74, 6) is -10.8. The van der Waals surface area contributed by atoms with Crippen LogP contribution in [0.5, 0.6) is 0 Å². The van der Waals surface area contributed by atoms with Crippen molar-refractivity contribution in [2.24, 2.45) is 34.8 Å². The van der Waals surface area contributed by atoms with E-state index in [0.717, 1.165) is 30.5 Å². The molecule has 34 nitrogen and oxygen atoms in total. The molecule has 4 saturated heterocycles. The molecule has 632 valence electrons. The number of hydrogen-bond donors (Lipinski definition) is 20. The molecule has 2 bridgehead atoms. The molecule has 1 aromatic rings. The molecule has 2 saturated carbocycles. The summed E-state index contributed by atoms with van der Waals surface area (Å²) in [6, 6.07) is -8.59. The zero-order valence-corrected chi connectivity index (χ0v) is 67.7. The Labute approximate surface area is 669 Å². The lowest BCUT2D eigenvalue weighted by atomic mass is 9.82. The van der Waals surface area contributed by atoms with E-state index in [-0.39, 0.29) is 93.5 Å². The number of benzene rings is 1. The molecule has 4 unspecified atom stereocenters. The van der Waals surface area contributed by atoms with Crippen LogP contribution >= 0.6 is 23.5 Å². The largest absolute Gasteiger partial charge is 0.481 e. The molecular weight excluding hydrogens is 1500 g/mol. The van der Waals surface area contributed by atoms with Crippen molar-refractivity contribution in [1.82, 2.24) is 79.3 Å². The number of aliphatic carboxylic acids is 1. The number of carbonyl (C=O) groups excluding carboxylic acids is 12. The van der Waals surface area contributed by atoms with E-state index < -0.39 is 192 Å². The van der Waals surface area contributed by atoms with Crippen molar-refractivity contribution in [1.29, 1.82) is 0 Å².